The van der Waals surface area contributed by atoms with Crippen LogP contribution in [-0.4, -0.2) is 42.6 Å². The van der Waals surface area contributed by atoms with Gasteiger partial charge in [0.2, 0.25) is 0 Å². The fourth-order valence-electron chi connectivity index (χ4n) is 1.92. The first-order valence-electron chi connectivity index (χ1n) is 7.14. The van der Waals surface area contributed by atoms with E-state index in [0.29, 0.717) is 28.3 Å². The Morgan fingerprint density at radius 1 is 1.29 bits per heavy atom. The van der Waals surface area contributed by atoms with E-state index in [9.17, 15) is 5.11 Å². The molecular weight excluding hydrogens is 313 g/mol. The van der Waals surface area contributed by atoms with Crippen molar-refractivity contribution in [2.75, 3.05) is 26.3 Å². The summed E-state index contributed by atoms with van der Waals surface area (Å²) < 4.78 is 5.46. The van der Waals surface area contributed by atoms with Crippen LogP contribution in [-0.2, 0) is 0 Å². The Bertz CT molecular complexity index is 418. The molecule has 1 aromatic rings. The monoisotopic (exact) mass is 335 g/mol. The van der Waals surface area contributed by atoms with Crippen molar-refractivity contribution in [3.63, 3.8) is 0 Å². The van der Waals surface area contributed by atoms with Gasteiger partial charge in [0.25, 0.3) is 0 Å². The van der Waals surface area contributed by atoms with Gasteiger partial charge in [0.05, 0.1) is 5.02 Å². The summed E-state index contributed by atoms with van der Waals surface area (Å²) in [5.41, 5.74) is 0. The Hall–Kier alpha value is -0.520. The van der Waals surface area contributed by atoms with Crippen molar-refractivity contribution in [1.29, 1.82) is 0 Å². The maximum Gasteiger partial charge on any atom is 0.138 e. The summed E-state index contributed by atoms with van der Waals surface area (Å²) in [6.45, 7) is 3.65. The maximum absolute atomic E-state index is 9.87. The van der Waals surface area contributed by atoms with Gasteiger partial charge in [-0.1, -0.05) is 36.5 Å². The summed E-state index contributed by atoms with van der Waals surface area (Å²) in [5, 5.41) is 22.9. The van der Waals surface area contributed by atoms with Crippen molar-refractivity contribution >= 4 is 23.2 Å². The van der Waals surface area contributed by atoms with Crippen molar-refractivity contribution in [2.45, 2.75) is 25.9 Å². The minimum absolute atomic E-state index is 0.158. The molecule has 0 bridgehead atoms. The van der Waals surface area contributed by atoms with E-state index in [4.69, 9.17) is 33.0 Å². The lowest BCUT2D eigenvalue weighted by atomic mass is 10.0. The Labute approximate surface area is 136 Å². The molecule has 0 saturated heterocycles. The second-order valence-corrected chi connectivity index (χ2v) is 5.83. The highest BCUT2D eigenvalue weighted by atomic mass is 35.5. The molecule has 0 spiro atoms. The van der Waals surface area contributed by atoms with E-state index in [1.165, 1.54) is 0 Å². The van der Waals surface area contributed by atoms with Gasteiger partial charge in [-0.25, -0.2) is 0 Å². The van der Waals surface area contributed by atoms with Gasteiger partial charge in [0.15, 0.2) is 0 Å². The fraction of sp³-hybridized carbons (Fsp3) is 0.600. The van der Waals surface area contributed by atoms with E-state index in [-0.39, 0.29) is 13.2 Å². The Morgan fingerprint density at radius 3 is 2.67 bits per heavy atom. The van der Waals surface area contributed by atoms with E-state index in [1.54, 1.807) is 18.2 Å². The topological polar surface area (TPSA) is 61.7 Å². The van der Waals surface area contributed by atoms with Gasteiger partial charge in [-0.15, -0.1) is 0 Å². The van der Waals surface area contributed by atoms with Crippen molar-refractivity contribution in [2.24, 2.45) is 5.92 Å². The predicted octanol–water partition coefficient (Wildman–Crippen LogP) is 2.73. The molecule has 0 aromatic heterocycles. The Kier molecular flexibility index (Phi) is 9.04. The maximum atomic E-state index is 9.87. The molecule has 2 atom stereocenters. The van der Waals surface area contributed by atoms with Crippen LogP contribution in [0.1, 0.15) is 19.8 Å². The van der Waals surface area contributed by atoms with Gasteiger partial charge < -0.3 is 20.3 Å². The van der Waals surface area contributed by atoms with Crippen LogP contribution in [0.15, 0.2) is 18.2 Å². The van der Waals surface area contributed by atoms with Crippen molar-refractivity contribution < 1.29 is 14.9 Å². The lowest BCUT2D eigenvalue weighted by molar-refractivity contribution is 0.105. The molecule has 0 radical (unpaired) electrons. The molecule has 6 heteroatoms. The molecular formula is C15H23Cl2NO3. The lowest BCUT2D eigenvalue weighted by Crippen LogP contribution is -2.34. The molecule has 21 heavy (non-hydrogen) atoms. The summed E-state index contributed by atoms with van der Waals surface area (Å²) in [4.78, 5) is 0. The van der Waals surface area contributed by atoms with Crippen molar-refractivity contribution in [1.82, 2.24) is 5.32 Å². The normalized spacial score (nSPS) is 14.0. The average molecular weight is 336 g/mol. The van der Waals surface area contributed by atoms with Gasteiger partial charge in [0, 0.05) is 18.2 Å². The quantitative estimate of drug-likeness (QED) is 0.615. The van der Waals surface area contributed by atoms with E-state index in [1.807, 2.05) is 0 Å². The molecule has 0 aliphatic rings. The van der Waals surface area contributed by atoms with E-state index >= 15 is 0 Å². The minimum atomic E-state index is -0.622. The van der Waals surface area contributed by atoms with Gasteiger partial charge in [-0.3, -0.25) is 0 Å². The number of benzene rings is 1. The van der Waals surface area contributed by atoms with Gasteiger partial charge >= 0.3 is 0 Å². The van der Waals surface area contributed by atoms with Gasteiger partial charge in [-0.2, -0.15) is 0 Å². The Morgan fingerprint density at radius 2 is 2.05 bits per heavy atom. The number of halogens is 2. The third-order valence-electron chi connectivity index (χ3n) is 3.25. The molecule has 0 saturated carbocycles. The first-order valence-corrected chi connectivity index (χ1v) is 7.89. The van der Waals surface area contributed by atoms with Crippen LogP contribution < -0.4 is 10.1 Å². The summed E-state index contributed by atoms with van der Waals surface area (Å²) in [5.74, 6) is 0.931. The zero-order chi connectivity index (χ0) is 15.7. The fourth-order valence-corrected chi connectivity index (χ4v) is 2.39. The molecule has 4 nitrogen and oxygen atoms in total. The zero-order valence-electron chi connectivity index (χ0n) is 12.2. The molecule has 1 rings (SSSR count). The van der Waals surface area contributed by atoms with Crippen LogP contribution in [0, 0.1) is 5.92 Å². The average Bonchev–Trinajstić information content (AvgIpc) is 2.45. The molecule has 1 aromatic carbocycles. The van der Waals surface area contributed by atoms with E-state index in [0.717, 1.165) is 19.4 Å². The number of hydrogen-bond donors (Lipinski definition) is 3. The number of rotatable bonds is 10. The highest BCUT2D eigenvalue weighted by Crippen LogP contribution is 2.27. The number of aliphatic hydroxyl groups is 2. The highest BCUT2D eigenvalue weighted by molar-refractivity contribution is 6.35. The molecule has 0 aliphatic carbocycles. The summed E-state index contributed by atoms with van der Waals surface area (Å²) in [7, 11) is 0. The lowest BCUT2D eigenvalue weighted by Gasteiger charge is -2.17. The summed E-state index contributed by atoms with van der Waals surface area (Å²) in [6.07, 6.45) is 1.15. The largest absolute Gasteiger partial charge is 0.489 e. The molecule has 120 valence electrons. The third-order valence-corrected chi connectivity index (χ3v) is 3.78. The summed E-state index contributed by atoms with van der Waals surface area (Å²) >= 11 is 11.8. The third kappa shape index (κ3) is 7.34. The SMILES string of the molecule is CCC(CCO)CNCC(O)COc1ccc(Cl)cc1Cl. The molecule has 2 unspecified atom stereocenters. The molecule has 0 amide bonds. The van der Waals surface area contributed by atoms with Crippen LogP contribution in [0.5, 0.6) is 5.75 Å². The van der Waals surface area contributed by atoms with Gasteiger partial charge in [0.1, 0.15) is 18.5 Å². The van der Waals surface area contributed by atoms with Crippen LogP contribution in [0.3, 0.4) is 0 Å². The van der Waals surface area contributed by atoms with Crippen LogP contribution in [0.2, 0.25) is 10.0 Å². The molecule has 0 aliphatic heterocycles. The standard InChI is InChI=1S/C15H23Cl2NO3/c1-2-11(5-6-19)8-18-9-13(20)10-21-15-4-3-12(16)7-14(15)17/h3-4,7,11,13,18-20H,2,5-6,8-10H2,1H3. The first kappa shape index (κ1) is 18.5. The molecule has 3 N–H and O–H groups in total. The van der Waals surface area contributed by atoms with E-state index in [2.05, 4.69) is 12.2 Å². The minimum Gasteiger partial charge on any atom is -0.489 e. The molecule has 0 heterocycles. The second-order valence-electron chi connectivity index (χ2n) is 4.98. The first-order chi connectivity index (χ1) is 10.1. The number of ether oxygens (including phenoxy) is 1. The number of aliphatic hydroxyl groups excluding tert-OH is 2. The van der Waals surface area contributed by atoms with Crippen molar-refractivity contribution in [3.8, 4) is 5.75 Å². The van der Waals surface area contributed by atoms with Crippen LogP contribution in [0.25, 0.3) is 0 Å². The zero-order valence-corrected chi connectivity index (χ0v) is 13.7. The van der Waals surface area contributed by atoms with E-state index < -0.39 is 6.10 Å². The number of nitrogens with one attached hydrogen (secondary N) is 1. The second kappa shape index (κ2) is 10.2. The predicted molar refractivity (Wildman–Crippen MR) is 86.3 cm³/mol. The Balaban J connectivity index is 2.26. The molecule has 0 fully saturated rings. The smallest absolute Gasteiger partial charge is 0.138 e. The van der Waals surface area contributed by atoms with Crippen LogP contribution in [0.4, 0.5) is 0 Å². The van der Waals surface area contributed by atoms with Crippen LogP contribution >= 0.6 is 23.2 Å². The summed E-state index contributed by atoms with van der Waals surface area (Å²) in [6, 6.07) is 4.97. The van der Waals surface area contributed by atoms with Crippen molar-refractivity contribution in [3.05, 3.63) is 28.2 Å². The number of hydrogen-bond acceptors (Lipinski definition) is 4. The highest BCUT2D eigenvalue weighted by Gasteiger charge is 2.10. The van der Waals surface area contributed by atoms with Gasteiger partial charge in [-0.05, 0) is 37.1 Å².